The quantitative estimate of drug-likeness (QED) is 0.642. The number of carbonyl (C=O) groups is 1. The van der Waals surface area contributed by atoms with Gasteiger partial charge in [-0.2, -0.15) is 0 Å². The van der Waals surface area contributed by atoms with Gasteiger partial charge in [0.25, 0.3) is 5.91 Å². The first-order chi connectivity index (χ1) is 14.4. The molecule has 3 N–H and O–H groups in total. The van der Waals surface area contributed by atoms with Gasteiger partial charge in [0.05, 0.1) is 17.1 Å². The highest BCUT2D eigenvalue weighted by atomic mass is 32.1. The van der Waals surface area contributed by atoms with Crippen LogP contribution in [-0.2, 0) is 6.42 Å². The van der Waals surface area contributed by atoms with Gasteiger partial charge in [-0.1, -0.05) is 0 Å². The van der Waals surface area contributed by atoms with E-state index in [1.807, 2.05) is 11.8 Å². The van der Waals surface area contributed by atoms with Gasteiger partial charge in [-0.15, -0.1) is 11.3 Å². The zero-order chi connectivity index (χ0) is 21.3. The number of rotatable bonds is 5. The molecule has 4 rings (SSSR count). The van der Waals surface area contributed by atoms with E-state index < -0.39 is 11.6 Å². The zero-order valence-corrected chi connectivity index (χ0v) is 17.5. The van der Waals surface area contributed by atoms with Gasteiger partial charge in [0.15, 0.2) is 0 Å². The minimum absolute atomic E-state index is 0.159. The van der Waals surface area contributed by atoms with Gasteiger partial charge in [-0.3, -0.25) is 4.79 Å². The molecule has 158 valence electrons. The fourth-order valence-electron chi connectivity index (χ4n) is 3.68. The lowest BCUT2D eigenvalue weighted by molar-refractivity contribution is 0.0959. The number of anilines is 2. The molecule has 3 heterocycles. The molecule has 2 aromatic heterocycles. The van der Waals surface area contributed by atoms with Gasteiger partial charge in [-0.25, -0.2) is 18.7 Å². The van der Waals surface area contributed by atoms with Gasteiger partial charge >= 0.3 is 0 Å². The molecule has 1 aromatic carbocycles. The van der Waals surface area contributed by atoms with Gasteiger partial charge in [0, 0.05) is 31.9 Å². The van der Waals surface area contributed by atoms with Crippen molar-refractivity contribution in [2.24, 2.45) is 0 Å². The van der Waals surface area contributed by atoms with Crippen molar-refractivity contribution < 1.29 is 13.6 Å². The zero-order valence-electron chi connectivity index (χ0n) is 16.7. The maximum absolute atomic E-state index is 14.5. The standard InChI is InChI=1S/C21H23F2N5OS/c1-12-11-26-18-17(24)19(30-21(18)27-12)20(29)25-6-5-13-9-15(23)16(10-14(13)22)28-7-3-2-4-8-28/h9-11H,2-8,24H2,1H3,(H,25,29). The number of fused-ring (bicyclic) bond motifs is 1. The molecule has 1 amide bonds. The van der Waals surface area contributed by atoms with Crippen molar-refractivity contribution in [3.8, 4) is 0 Å². The highest BCUT2D eigenvalue weighted by Crippen LogP contribution is 2.31. The number of aryl methyl sites for hydroxylation is 1. The number of carbonyl (C=O) groups excluding carboxylic acids is 1. The van der Waals surface area contributed by atoms with Crippen LogP contribution in [0.25, 0.3) is 10.3 Å². The molecule has 0 bridgehead atoms. The Kier molecular flexibility index (Phi) is 5.80. The number of piperidine rings is 1. The Bertz CT molecular complexity index is 1090. The molecule has 1 aliphatic rings. The molecular weight excluding hydrogens is 408 g/mol. The molecular formula is C21H23F2N5OS. The molecule has 6 nitrogen and oxygen atoms in total. The minimum Gasteiger partial charge on any atom is -0.396 e. The van der Waals surface area contributed by atoms with Gasteiger partial charge < -0.3 is 16.0 Å². The number of nitrogens with one attached hydrogen (secondary N) is 1. The van der Waals surface area contributed by atoms with Crippen LogP contribution in [0.1, 0.15) is 40.2 Å². The van der Waals surface area contributed by atoms with Gasteiger partial charge in [-0.05, 0) is 44.2 Å². The van der Waals surface area contributed by atoms with E-state index in [4.69, 9.17) is 5.73 Å². The first-order valence-corrected chi connectivity index (χ1v) is 10.8. The number of nitrogen functional groups attached to an aromatic ring is 1. The third-order valence-corrected chi connectivity index (χ3v) is 6.35. The predicted octanol–water partition coefficient (Wildman–Crippen LogP) is 3.82. The third-order valence-electron chi connectivity index (χ3n) is 5.26. The minimum atomic E-state index is -0.462. The second kappa shape index (κ2) is 8.51. The molecule has 0 unspecified atom stereocenters. The van der Waals surface area contributed by atoms with Crippen molar-refractivity contribution >= 4 is 39.0 Å². The summed E-state index contributed by atoms with van der Waals surface area (Å²) in [6.45, 7) is 3.45. The Balaban J connectivity index is 1.42. The molecule has 3 aromatic rings. The highest BCUT2D eigenvalue weighted by molar-refractivity contribution is 7.21. The Morgan fingerprint density at radius 1 is 1.23 bits per heavy atom. The summed E-state index contributed by atoms with van der Waals surface area (Å²) in [7, 11) is 0. The monoisotopic (exact) mass is 431 g/mol. The molecule has 0 aliphatic carbocycles. The van der Waals surface area contributed by atoms with Crippen LogP contribution in [0, 0.1) is 18.6 Å². The van der Waals surface area contributed by atoms with E-state index in [-0.39, 0.29) is 30.1 Å². The molecule has 0 spiro atoms. The topological polar surface area (TPSA) is 84.1 Å². The Hall–Kier alpha value is -2.81. The van der Waals surface area contributed by atoms with Crippen molar-refractivity contribution in [3.63, 3.8) is 0 Å². The van der Waals surface area contributed by atoms with E-state index in [2.05, 4.69) is 15.3 Å². The first kappa shape index (κ1) is 20.5. The van der Waals surface area contributed by atoms with E-state index in [9.17, 15) is 13.6 Å². The number of nitrogens with zero attached hydrogens (tertiary/aromatic N) is 3. The van der Waals surface area contributed by atoms with Crippen LogP contribution in [0.2, 0.25) is 0 Å². The fourth-order valence-corrected chi connectivity index (χ4v) is 4.69. The molecule has 30 heavy (non-hydrogen) atoms. The molecule has 1 saturated heterocycles. The predicted molar refractivity (Wildman–Crippen MR) is 115 cm³/mol. The first-order valence-electron chi connectivity index (χ1n) is 9.96. The molecule has 1 aliphatic heterocycles. The number of benzene rings is 1. The van der Waals surface area contributed by atoms with Crippen molar-refractivity contribution in [3.05, 3.63) is 46.1 Å². The van der Waals surface area contributed by atoms with E-state index in [1.165, 1.54) is 23.5 Å². The Morgan fingerprint density at radius 3 is 2.77 bits per heavy atom. The average molecular weight is 432 g/mol. The van der Waals surface area contributed by atoms with Crippen LogP contribution in [0.15, 0.2) is 18.3 Å². The number of hydrogen-bond donors (Lipinski definition) is 2. The number of thiophene rings is 1. The molecule has 0 atom stereocenters. The summed E-state index contributed by atoms with van der Waals surface area (Å²) in [6.07, 6.45) is 4.86. The SMILES string of the molecule is Cc1cnc2c(N)c(C(=O)NCCc3cc(F)c(N4CCCCC4)cc3F)sc2n1. The maximum Gasteiger partial charge on any atom is 0.263 e. The summed E-state index contributed by atoms with van der Waals surface area (Å²) >= 11 is 1.17. The van der Waals surface area contributed by atoms with Crippen LogP contribution in [0.5, 0.6) is 0 Å². The van der Waals surface area contributed by atoms with E-state index in [0.717, 1.165) is 38.0 Å². The summed E-state index contributed by atoms with van der Waals surface area (Å²) in [5.74, 6) is -1.27. The second-order valence-corrected chi connectivity index (χ2v) is 8.46. The number of hydrogen-bond acceptors (Lipinski definition) is 6. The molecule has 0 radical (unpaired) electrons. The van der Waals surface area contributed by atoms with Gasteiger partial charge in [0.1, 0.15) is 26.9 Å². The second-order valence-electron chi connectivity index (χ2n) is 7.46. The van der Waals surface area contributed by atoms with Crippen molar-refractivity contribution in [2.75, 3.05) is 30.3 Å². The Labute approximate surface area is 177 Å². The van der Waals surface area contributed by atoms with Crippen molar-refractivity contribution in [1.82, 2.24) is 15.3 Å². The van der Waals surface area contributed by atoms with Crippen molar-refractivity contribution in [1.29, 1.82) is 0 Å². The lowest BCUT2D eigenvalue weighted by Gasteiger charge is -2.29. The van der Waals surface area contributed by atoms with Gasteiger partial charge in [0.2, 0.25) is 0 Å². The molecule has 0 saturated carbocycles. The maximum atomic E-state index is 14.5. The lowest BCUT2D eigenvalue weighted by atomic mass is 10.1. The van der Waals surface area contributed by atoms with Crippen molar-refractivity contribution in [2.45, 2.75) is 32.6 Å². The van der Waals surface area contributed by atoms with E-state index in [0.29, 0.717) is 20.9 Å². The largest absolute Gasteiger partial charge is 0.396 e. The van der Waals surface area contributed by atoms with Crippen LogP contribution >= 0.6 is 11.3 Å². The number of halogens is 2. The van der Waals surface area contributed by atoms with Crippen LogP contribution < -0.4 is 16.0 Å². The number of amides is 1. The highest BCUT2D eigenvalue weighted by Gasteiger charge is 2.20. The normalized spacial score (nSPS) is 14.3. The summed E-state index contributed by atoms with van der Waals surface area (Å²) in [4.78, 5) is 23.9. The summed E-state index contributed by atoms with van der Waals surface area (Å²) < 4.78 is 29.1. The van der Waals surface area contributed by atoms with Crippen LogP contribution in [0.3, 0.4) is 0 Å². The average Bonchev–Trinajstić information content (AvgIpc) is 3.06. The number of nitrogens with two attached hydrogens (primary N) is 1. The Morgan fingerprint density at radius 2 is 2.00 bits per heavy atom. The number of aromatic nitrogens is 2. The van der Waals surface area contributed by atoms with Crippen LogP contribution in [0.4, 0.5) is 20.2 Å². The third kappa shape index (κ3) is 4.07. The molecule has 9 heteroatoms. The summed E-state index contributed by atoms with van der Waals surface area (Å²) in [6, 6.07) is 2.50. The fraction of sp³-hybridized carbons (Fsp3) is 0.381. The summed E-state index contributed by atoms with van der Waals surface area (Å²) in [5.41, 5.74) is 8.10. The molecule has 1 fully saturated rings. The smallest absolute Gasteiger partial charge is 0.263 e. The lowest BCUT2D eigenvalue weighted by Crippen LogP contribution is -2.30. The van der Waals surface area contributed by atoms with E-state index >= 15 is 0 Å². The van der Waals surface area contributed by atoms with Crippen LogP contribution in [-0.4, -0.2) is 35.5 Å². The summed E-state index contributed by atoms with van der Waals surface area (Å²) in [5, 5.41) is 2.72. The van der Waals surface area contributed by atoms with E-state index in [1.54, 1.807) is 6.20 Å².